The van der Waals surface area contributed by atoms with E-state index in [-0.39, 0.29) is 24.0 Å². The number of rotatable bonds is 9. The van der Waals surface area contributed by atoms with Crippen molar-refractivity contribution in [3.63, 3.8) is 0 Å². The summed E-state index contributed by atoms with van der Waals surface area (Å²) < 4.78 is 4.87. The standard InChI is InChI=1S/C21H30N2O5S/c1-4-21(2,3)12-5-8-14-15(9-12)29-20(18(14)19(27)22-13-6-7-13)23-16(24)10-28-11-17(25)26/h12-13H,4-11H2,1-3H3,(H,22,27)(H,23,24)(H,25,26)/t12-/m0/s1. The first-order valence-electron chi connectivity index (χ1n) is 10.3. The van der Waals surface area contributed by atoms with Gasteiger partial charge in [0.05, 0.1) is 5.56 Å². The van der Waals surface area contributed by atoms with Crippen molar-refractivity contribution < 1.29 is 24.2 Å². The fourth-order valence-electron chi connectivity index (χ4n) is 3.75. The van der Waals surface area contributed by atoms with Gasteiger partial charge in [0.15, 0.2) is 0 Å². The zero-order valence-electron chi connectivity index (χ0n) is 17.3. The number of carboxylic acids is 1. The largest absolute Gasteiger partial charge is 0.480 e. The van der Waals surface area contributed by atoms with Gasteiger partial charge in [-0.15, -0.1) is 11.3 Å². The Morgan fingerprint density at radius 2 is 1.93 bits per heavy atom. The molecule has 1 atom stereocenters. The fraction of sp³-hybridized carbons (Fsp3) is 0.667. The number of amides is 2. The van der Waals surface area contributed by atoms with Gasteiger partial charge in [-0.3, -0.25) is 9.59 Å². The SMILES string of the molecule is CCC(C)(C)[C@H]1CCc2c(sc(NC(=O)COCC(=O)O)c2C(=O)NC2CC2)C1. The molecule has 2 aliphatic rings. The Kier molecular flexibility index (Phi) is 6.63. The molecule has 0 unspecified atom stereocenters. The van der Waals surface area contributed by atoms with Crippen LogP contribution in [0.2, 0.25) is 0 Å². The number of hydrogen-bond acceptors (Lipinski definition) is 5. The third-order valence-electron chi connectivity index (χ3n) is 6.13. The van der Waals surface area contributed by atoms with Crippen molar-refractivity contribution in [1.82, 2.24) is 5.32 Å². The smallest absolute Gasteiger partial charge is 0.329 e. The quantitative estimate of drug-likeness (QED) is 0.567. The minimum Gasteiger partial charge on any atom is -0.480 e. The number of thiophene rings is 1. The lowest BCUT2D eigenvalue weighted by Gasteiger charge is -2.36. The molecule has 3 rings (SSSR count). The van der Waals surface area contributed by atoms with Crippen LogP contribution in [-0.4, -0.2) is 42.1 Å². The molecule has 8 heteroatoms. The number of nitrogens with one attached hydrogen (secondary N) is 2. The van der Waals surface area contributed by atoms with Crippen molar-refractivity contribution in [2.45, 2.75) is 65.3 Å². The third kappa shape index (κ3) is 5.36. The number of fused-ring (bicyclic) bond motifs is 1. The summed E-state index contributed by atoms with van der Waals surface area (Å²) >= 11 is 1.47. The van der Waals surface area contributed by atoms with Crippen molar-refractivity contribution in [1.29, 1.82) is 0 Å². The Labute approximate surface area is 175 Å². The molecule has 0 radical (unpaired) electrons. The van der Waals surface area contributed by atoms with Gasteiger partial charge in [-0.2, -0.15) is 0 Å². The molecule has 0 aromatic carbocycles. The summed E-state index contributed by atoms with van der Waals surface area (Å²) in [6.45, 7) is 5.90. The Hall–Kier alpha value is -1.93. The molecule has 7 nitrogen and oxygen atoms in total. The van der Waals surface area contributed by atoms with E-state index in [9.17, 15) is 14.4 Å². The zero-order chi connectivity index (χ0) is 21.2. The summed E-state index contributed by atoms with van der Waals surface area (Å²) in [5, 5.41) is 15.0. The van der Waals surface area contributed by atoms with Gasteiger partial charge in [0.2, 0.25) is 0 Å². The van der Waals surface area contributed by atoms with Crippen LogP contribution >= 0.6 is 11.3 Å². The van der Waals surface area contributed by atoms with E-state index in [0.29, 0.717) is 16.5 Å². The van der Waals surface area contributed by atoms with Crippen molar-refractivity contribution in [2.75, 3.05) is 18.5 Å². The maximum absolute atomic E-state index is 12.9. The number of aliphatic carboxylic acids is 1. The highest BCUT2D eigenvalue weighted by atomic mass is 32.1. The number of hydrogen-bond donors (Lipinski definition) is 3. The number of ether oxygens (including phenoxy) is 1. The summed E-state index contributed by atoms with van der Waals surface area (Å²) in [6, 6.07) is 0.232. The Morgan fingerprint density at radius 3 is 2.55 bits per heavy atom. The van der Waals surface area contributed by atoms with E-state index in [1.165, 1.54) is 16.2 Å². The number of carbonyl (C=O) groups excluding carboxylic acids is 2. The average molecular weight is 423 g/mol. The van der Waals surface area contributed by atoms with E-state index < -0.39 is 18.5 Å². The highest BCUT2D eigenvalue weighted by Crippen LogP contribution is 2.45. The van der Waals surface area contributed by atoms with Gasteiger partial charge in [-0.25, -0.2) is 4.79 Å². The number of carbonyl (C=O) groups is 3. The van der Waals surface area contributed by atoms with Crippen LogP contribution in [0.3, 0.4) is 0 Å². The summed E-state index contributed by atoms with van der Waals surface area (Å²) in [6.07, 6.45) is 5.86. The van der Waals surface area contributed by atoms with Crippen LogP contribution < -0.4 is 10.6 Å². The first-order valence-corrected chi connectivity index (χ1v) is 11.1. The number of anilines is 1. The number of carboxylic acid groups (broad SMARTS) is 1. The van der Waals surface area contributed by atoms with E-state index in [1.54, 1.807) is 0 Å². The first kappa shape index (κ1) is 21.8. The highest BCUT2D eigenvalue weighted by molar-refractivity contribution is 7.17. The van der Waals surface area contributed by atoms with E-state index in [2.05, 4.69) is 31.4 Å². The fourth-order valence-corrected chi connectivity index (χ4v) is 5.09. The molecule has 1 aromatic heterocycles. The molecule has 1 heterocycles. The minimum absolute atomic E-state index is 0.125. The molecule has 160 valence electrons. The van der Waals surface area contributed by atoms with Crippen molar-refractivity contribution in [2.24, 2.45) is 11.3 Å². The van der Waals surface area contributed by atoms with Crippen molar-refractivity contribution in [3.8, 4) is 0 Å². The second-order valence-electron chi connectivity index (χ2n) is 8.67. The van der Waals surface area contributed by atoms with E-state index in [4.69, 9.17) is 9.84 Å². The van der Waals surface area contributed by atoms with Gasteiger partial charge in [0.1, 0.15) is 18.2 Å². The van der Waals surface area contributed by atoms with Crippen molar-refractivity contribution in [3.05, 3.63) is 16.0 Å². The summed E-state index contributed by atoms with van der Waals surface area (Å²) in [5.74, 6) is -1.16. The predicted molar refractivity (Wildman–Crippen MR) is 111 cm³/mol. The lowest BCUT2D eigenvalue weighted by molar-refractivity contribution is -0.143. The Balaban J connectivity index is 1.80. The first-order chi connectivity index (χ1) is 13.7. The molecule has 1 saturated carbocycles. The molecular weight excluding hydrogens is 392 g/mol. The second kappa shape index (κ2) is 8.83. The van der Waals surface area contributed by atoms with E-state index in [0.717, 1.165) is 44.1 Å². The van der Waals surface area contributed by atoms with E-state index in [1.807, 2.05) is 0 Å². The molecule has 0 aliphatic heterocycles. The molecule has 29 heavy (non-hydrogen) atoms. The summed E-state index contributed by atoms with van der Waals surface area (Å²) in [7, 11) is 0. The van der Waals surface area contributed by atoms with Crippen LogP contribution in [0.4, 0.5) is 5.00 Å². The van der Waals surface area contributed by atoms with Crippen LogP contribution in [0.1, 0.15) is 67.3 Å². The zero-order valence-corrected chi connectivity index (χ0v) is 18.1. The second-order valence-corrected chi connectivity index (χ2v) is 9.78. The summed E-state index contributed by atoms with van der Waals surface area (Å²) in [5.41, 5.74) is 1.86. The molecule has 1 aromatic rings. The van der Waals surface area contributed by atoms with Crippen LogP contribution in [0.5, 0.6) is 0 Å². The minimum atomic E-state index is -1.13. The van der Waals surface area contributed by atoms with Gasteiger partial charge in [0, 0.05) is 10.9 Å². The van der Waals surface area contributed by atoms with Crippen LogP contribution in [-0.2, 0) is 27.2 Å². The molecule has 0 spiro atoms. The van der Waals surface area contributed by atoms with Gasteiger partial charge >= 0.3 is 5.97 Å². The molecule has 2 amide bonds. The molecular formula is C21H30N2O5S. The predicted octanol–water partition coefficient (Wildman–Crippen LogP) is 3.22. The monoisotopic (exact) mass is 422 g/mol. The normalized spacial score (nSPS) is 18.8. The molecule has 0 bridgehead atoms. The van der Waals surface area contributed by atoms with Crippen LogP contribution in [0.25, 0.3) is 0 Å². The van der Waals surface area contributed by atoms with Crippen molar-refractivity contribution >= 4 is 34.1 Å². The van der Waals surface area contributed by atoms with Crippen LogP contribution in [0, 0.1) is 11.3 Å². The molecule has 0 saturated heterocycles. The average Bonchev–Trinajstić information content (AvgIpc) is 3.39. The lowest BCUT2D eigenvalue weighted by atomic mass is 9.69. The topological polar surface area (TPSA) is 105 Å². The third-order valence-corrected chi connectivity index (χ3v) is 7.30. The summed E-state index contributed by atoms with van der Waals surface area (Å²) in [4.78, 5) is 36.9. The highest BCUT2D eigenvalue weighted by Gasteiger charge is 2.36. The molecule has 3 N–H and O–H groups in total. The van der Waals surface area contributed by atoms with E-state index >= 15 is 0 Å². The molecule has 2 aliphatic carbocycles. The maximum atomic E-state index is 12.9. The van der Waals surface area contributed by atoms with Crippen LogP contribution in [0.15, 0.2) is 0 Å². The maximum Gasteiger partial charge on any atom is 0.329 e. The van der Waals surface area contributed by atoms with Gasteiger partial charge in [-0.05, 0) is 49.0 Å². The van der Waals surface area contributed by atoms with Gasteiger partial charge in [-0.1, -0.05) is 27.2 Å². The Morgan fingerprint density at radius 1 is 1.21 bits per heavy atom. The Bertz CT molecular complexity index is 797. The van der Waals surface area contributed by atoms with Gasteiger partial charge < -0.3 is 20.5 Å². The lowest BCUT2D eigenvalue weighted by Crippen LogP contribution is -2.30. The van der Waals surface area contributed by atoms with Gasteiger partial charge in [0.25, 0.3) is 11.8 Å². The molecule has 1 fully saturated rings.